The molecule has 0 bridgehead atoms. The molecule has 0 atom stereocenters. The van der Waals surface area contributed by atoms with E-state index >= 15 is 0 Å². The van der Waals surface area contributed by atoms with Crippen molar-refractivity contribution in [1.82, 2.24) is 9.97 Å². The number of ketones is 1. The van der Waals surface area contributed by atoms with E-state index < -0.39 is 0 Å². The van der Waals surface area contributed by atoms with Gasteiger partial charge in [-0.1, -0.05) is 27.7 Å². The van der Waals surface area contributed by atoms with Crippen LogP contribution >= 0.6 is 0 Å². The van der Waals surface area contributed by atoms with E-state index in [1.165, 1.54) is 45.3 Å². The molecular weight excluding hydrogens is 891 g/mol. The molecule has 0 aliphatic heterocycles. The number of rotatable bonds is 9. The molecule has 0 saturated heterocycles. The third-order valence-electron chi connectivity index (χ3n) is 8.59. The predicted molar refractivity (Wildman–Crippen MR) is 198 cm³/mol. The van der Waals surface area contributed by atoms with Gasteiger partial charge in [0, 0.05) is 38.0 Å². The second-order valence-corrected chi connectivity index (χ2v) is 18.9. The van der Waals surface area contributed by atoms with Crippen LogP contribution in [0, 0.1) is 23.3 Å². The molecule has 4 nitrogen and oxygen atoms in total. The number of nitrogens with zero attached hydrogens (tertiary/aromatic N) is 2. The third-order valence-corrected chi connectivity index (χ3v) is 13.9. The second-order valence-electron chi connectivity index (χ2n) is 14.5. The molecule has 0 saturated carbocycles. The summed E-state index contributed by atoms with van der Waals surface area (Å²) in [6.07, 6.45) is 7.98. The number of aliphatic hydroxyl groups is 1. The molecule has 0 fully saturated rings. The maximum Gasteiger partial charge on any atom is 0.162 e. The SMILES string of the molecule is CC(C)(C)Cc1nc2[se]c3c(-c4[c-]c5ccccc5c(C(C)(C)C)c4)nccc3c2[se]1.CCC(CC)C(=O)/C=C(\O)C(CC)CC.[Ir]. The summed E-state index contributed by atoms with van der Waals surface area (Å²) in [5, 5.41) is 13.6. The first-order valence-corrected chi connectivity index (χ1v) is 20.2. The van der Waals surface area contributed by atoms with E-state index in [4.69, 9.17) is 9.97 Å². The van der Waals surface area contributed by atoms with Gasteiger partial charge in [0.1, 0.15) is 0 Å². The standard InChI is InChI=1S/C27H27N2Se2.C13H24O2.Ir/c1-26(2,3)15-21-29-25-24(30-21)19-11-12-28-22(23(19)31-25)17-13-16-9-7-8-10-18(16)20(14-17)27(4,5)6;1-5-10(6-2)12(14)9-13(15)11(7-3)8-4;/h7-12,14H,15H2,1-6H3;9-11,14H,5-8H2,1-4H3;/q-1;;/b;12-9-;. The van der Waals surface area contributed by atoms with Crippen LogP contribution in [0.2, 0.25) is 0 Å². The maximum absolute atomic E-state index is 11.7. The van der Waals surface area contributed by atoms with E-state index in [9.17, 15) is 9.90 Å². The Hall–Kier alpha value is -1.84. The number of hydrogen-bond donors (Lipinski definition) is 1. The van der Waals surface area contributed by atoms with Crippen LogP contribution in [-0.2, 0) is 36.7 Å². The van der Waals surface area contributed by atoms with Crippen molar-refractivity contribution in [2.75, 3.05) is 0 Å². The van der Waals surface area contributed by atoms with Gasteiger partial charge < -0.3 is 5.11 Å². The summed E-state index contributed by atoms with van der Waals surface area (Å²) in [6.45, 7) is 21.8. The summed E-state index contributed by atoms with van der Waals surface area (Å²) >= 11 is 0.564. The van der Waals surface area contributed by atoms with Crippen LogP contribution in [0.25, 0.3) is 40.3 Å². The van der Waals surface area contributed by atoms with Gasteiger partial charge in [0.15, 0.2) is 5.78 Å². The molecule has 0 aliphatic rings. The molecule has 47 heavy (non-hydrogen) atoms. The number of hydrogen-bond acceptors (Lipinski definition) is 4. The zero-order chi connectivity index (χ0) is 33.8. The smallest absolute Gasteiger partial charge is 0.162 e. The van der Waals surface area contributed by atoms with Crippen molar-refractivity contribution in [3.05, 3.63) is 70.6 Å². The van der Waals surface area contributed by atoms with Crippen LogP contribution in [0.4, 0.5) is 0 Å². The predicted octanol–water partition coefficient (Wildman–Crippen LogP) is 10.3. The zero-order valence-electron chi connectivity index (χ0n) is 29.7. The summed E-state index contributed by atoms with van der Waals surface area (Å²) in [5.41, 5.74) is 3.93. The Morgan fingerprint density at radius 3 is 2.13 bits per heavy atom. The third kappa shape index (κ3) is 9.66. The average Bonchev–Trinajstić information content (AvgIpc) is 3.53. The van der Waals surface area contributed by atoms with Crippen LogP contribution in [0.1, 0.15) is 105 Å². The Bertz CT molecular complexity index is 1830. The van der Waals surface area contributed by atoms with Crippen molar-refractivity contribution in [1.29, 1.82) is 0 Å². The minimum absolute atomic E-state index is 0. The fourth-order valence-corrected chi connectivity index (χ4v) is 12.4. The van der Waals surface area contributed by atoms with E-state index in [0.717, 1.165) is 43.4 Å². The van der Waals surface area contributed by atoms with Crippen LogP contribution in [-0.4, -0.2) is 49.9 Å². The number of aliphatic hydroxyl groups excluding tert-OH is 1. The number of allylic oxidation sites excluding steroid dienone is 2. The molecule has 5 rings (SSSR count). The molecule has 3 heterocycles. The monoisotopic (exact) mass is 944 g/mol. The van der Waals surface area contributed by atoms with Crippen molar-refractivity contribution < 1.29 is 30.0 Å². The van der Waals surface area contributed by atoms with Crippen LogP contribution in [0.15, 0.2) is 54.4 Å². The summed E-state index contributed by atoms with van der Waals surface area (Å²) in [6, 6.07) is 16.8. The quantitative estimate of drug-likeness (QED) is 0.0692. The molecule has 0 spiro atoms. The van der Waals surface area contributed by atoms with Crippen molar-refractivity contribution in [3.8, 4) is 11.3 Å². The van der Waals surface area contributed by atoms with Crippen molar-refractivity contribution >= 4 is 63.9 Å². The van der Waals surface area contributed by atoms with E-state index in [-0.39, 0.29) is 63.4 Å². The summed E-state index contributed by atoms with van der Waals surface area (Å²) in [4.78, 5) is 21.7. The van der Waals surface area contributed by atoms with E-state index in [0.29, 0.717) is 19.9 Å². The summed E-state index contributed by atoms with van der Waals surface area (Å²) in [7, 11) is 0. The molecule has 0 aliphatic carbocycles. The van der Waals surface area contributed by atoms with Gasteiger partial charge >= 0.3 is 197 Å². The zero-order valence-corrected chi connectivity index (χ0v) is 35.5. The molecule has 0 amide bonds. The minimum Gasteiger partial charge on any atom is -0.512 e. The fourth-order valence-electron chi connectivity index (χ4n) is 5.89. The van der Waals surface area contributed by atoms with Gasteiger partial charge in [0.05, 0.1) is 5.76 Å². The molecule has 3 aromatic heterocycles. The number of aromatic nitrogens is 2. The Morgan fingerprint density at radius 2 is 1.53 bits per heavy atom. The number of fused-ring (bicyclic) bond motifs is 4. The first kappa shape index (κ1) is 39.6. The van der Waals surface area contributed by atoms with Gasteiger partial charge in [-0.15, -0.1) is 0 Å². The number of carbonyl (C=O) groups excluding carboxylic acids is 1. The van der Waals surface area contributed by atoms with Crippen molar-refractivity contribution in [3.63, 3.8) is 0 Å². The Morgan fingerprint density at radius 1 is 0.894 bits per heavy atom. The topological polar surface area (TPSA) is 63.1 Å². The Balaban J connectivity index is 0.000000322. The first-order valence-electron chi connectivity index (χ1n) is 16.8. The molecule has 7 heteroatoms. The van der Waals surface area contributed by atoms with Crippen molar-refractivity contribution in [2.45, 2.75) is 107 Å². The Labute approximate surface area is 307 Å². The number of pyridine rings is 1. The van der Waals surface area contributed by atoms with Gasteiger partial charge in [-0.05, 0) is 25.7 Å². The Kier molecular flexibility index (Phi) is 14.1. The molecule has 5 aromatic rings. The largest absolute Gasteiger partial charge is 0.512 e. The van der Waals surface area contributed by atoms with Gasteiger partial charge in [-0.2, -0.15) is 0 Å². The number of benzene rings is 2. The van der Waals surface area contributed by atoms with E-state index in [1.54, 1.807) is 0 Å². The molecular formula is C40H51IrN2O2Se2-. The van der Waals surface area contributed by atoms with Crippen LogP contribution in [0.5, 0.6) is 0 Å². The second kappa shape index (κ2) is 16.7. The molecule has 1 radical (unpaired) electrons. The average molecular weight is 942 g/mol. The first-order chi connectivity index (χ1) is 21.7. The van der Waals surface area contributed by atoms with Gasteiger partial charge in [-0.25, -0.2) is 0 Å². The van der Waals surface area contributed by atoms with E-state index in [2.05, 4.69) is 84.0 Å². The van der Waals surface area contributed by atoms with Crippen LogP contribution < -0.4 is 0 Å². The van der Waals surface area contributed by atoms with Crippen molar-refractivity contribution in [2.24, 2.45) is 17.3 Å². The summed E-state index contributed by atoms with van der Waals surface area (Å²) < 4.78 is 5.64. The fraction of sp³-hybridized carbons (Fsp3) is 0.475. The van der Waals surface area contributed by atoms with Gasteiger partial charge in [0.25, 0.3) is 0 Å². The van der Waals surface area contributed by atoms with Crippen LogP contribution in [0.3, 0.4) is 0 Å². The normalized spacial score (nSPS) is 12.6. The maximum atomic E-state index is 11.7. The molecule has 2 aromatic carbocycles. The molecule has 255 valence electrons. The summed E-state index contributed by atoms with van der Waals surface area (Å²) in [5.74, 6) is 0.547. The minimum atomic E-state index is 0. The molecule has 0 unspecified atom stereocenters. The van der Waals surface area contributed by atoms with Gasteiger partial charge in [0.2, 0.25) is 0 Å². The molecule has 1 N–H and O–H groups in total. The van der Waals surface area contributed by atoms with Gasteiger partial charge in [-0.3, -0.25) is 4.79 Å². The number of carbonyl (C=O) groups is 1. The van der Waals surface area contributed by atoms with E-state index in [1.807, 2.05) is 33.9 Å².